The van der Waals surface area contributed by atoms with E-state index in [1.165, 1.54) is 13.8 Å². The van der Waals surface area contributed by atoms with Crippen molar-refractivity contribution >= 4 is 113 Å². The molecular formula is C59H86N8O9S3. The summed E-state index contributed by atoms with van der Waals surface area (Å²) in [4.78, 5) is 87.7. The summed E-state index contributed by atoms with van der Waals surface area (Å²) in [7, 11) is 0. The van der Waals surface area contributed by atoms with E-state index in [2.05, 4.69) is 58.5 Å². The first-order valence-corrected chi connectivity index (χ1v) is 26.6. The van der Waals surface area contributed by atoms with Crippen LogP contribution in [0.25, 0.3) is 0 Å². The number of ether oxygens (including phenoxy) is 2. The fourth-order valence-corrected chi connectivity index (χ4v) is 6.48. The fraction of sp³-hybridized carbons (Fsp3) is 0.441. The summed E-state index contributed by atoms with van der Waals surface area (Å²) in [5, 5.41) is 5.27. The number of hydrazine groups is 1. The number of carbonyl (C=O) groups excluding carboxylic acids is 7. The number of amides is 3. The molecule has 20 heteroatoms. The van der Waals surface area contributed by atoms with Crippen LogP contribution in [0.5, 0.6) is 0 Å². The standard InChI is InChI=1S/C19H28N2O3S.C14H20N2OS.C13H17NO3.C8H9NO.C5H12N2OS/c1-13(20-12-16(22)11-19(5,6)25)14-7-9-15(10-8-14)21-17(23)24-18(2,3)4;1-10(11-4-6-12(15)7-5-11)16-9-13(17)8-14(2,3)18;1-9(15)10-5-7-11(8-6-10)14-12(16)17-13(2,3)4;1-6(10)7-2-4-8(9)5-3-7;1-5(2,9)3-4(8)7-6/h7-10,25H,11-12H2,1-6H3,(H,21,23);4-7,18H,8-9,15H2,1-3H3;5-8H,1-4H3,(H,14,16);2-5H,9H2,1H3;9H,3,6H2,1-2H3,(H,7,8). The van der Waals surface area contributed by atoms with Crippen molar-refractivity contribution in [2.24, 2.45) is 15.8 Å². The van der Waals surface area contributed by atoms with Gasteiger partial charge < -0.3 is 20.9 Å². The molecule has 79 heavy (non-hydrogen) atoms. The van der Waals surface area contributed by atoms with Gasteiger partial charge in [0.2, 0.25) is 5.91 Å². The van der Waals surface area contributed by atoms with Crippen LogP contribution < -0.4 is 33.4 Å². The van der Waals surface area contributed by atoms with E-state index in [1.807, 2.05) is 118 Å². The number of anilines is 4. The van der Waals surface area contributed by atoms with Crippen molar-refractivity contribution in [2.45, 2.75) is 155 Å². The Labute approximate surface area is 485 Å². The molecule has 0 heterocycles. The van der Waals surface area contributed by atoms with E-state index in [0.29, 0.717) is 47.5 Å². The molecule has 4 aromatic rings. The van der Waals surface area contributed by atoms with E-state index in [0.717, 1.165) is 28.2 Å². The van der Waals surface area contributed by atoms with E-state index in [1.54, 1.807) is 81.4 Å². The Morgan fingerprint density at radius 1 is 0.443 bits per heavy atom. The zero-order valence-corrected chi connectivity index (χ0v) is 51.6. The number of nitrogens with zero attached hydrogens (tertiary/aromatic N) is 2. The van der Waals surface area contributed by atoms with Crippen molar-refractivity contribution in [2.75, 3.05) is 35.2 Å². The van der Waals surface area contributed by atoms with Crippen molar-refractivity contribution in [3.05, 3.63) is 119 Å². The monoisotopic (exact) mass is 1150 g/mol. The Kier molecular flexibility index (Phi) is 31.1. The number of nitrogens with two attached hydrogens (primary N) is 3. The number of carbonyl (C=O) groups is 7. The predicted octanol–water partition coefficient (Wildman–Crippen LogP) is 12.0. The Bertz CT molecular complexity index is 2660. The van der Waals surface area contributed by atoms with Gasteiger partial charge >= 0.3 is 12.2 Å². The van der Waals surface area contributed by atoms with Crippen LogP contribution in [0, 0.1) is 0 Å². The van der Waals surface area contributed by atoms with Crippen molar-refractivity contribution in [1.29, 1.82) is 0 Å². The highest BCUT2D eigenvalue weighted by Gasteiger charge is 2.20. The van der Waals surface area contributed by atoms with E-state index < -0.39 is 23.4 Å². The highest BCUT2D eigenvalue weighted by atomic mass is 32.1. The molecular weight excluding hydrogens is 1060 g/mol. The molecule has 17 nitrogen and oxygen atoms in total. The molecule has 0 radical (unpaired) electrons. The van der Waals surface area contributed by atoms with Gasteiger partial charge in [-0.25, -0.2) is 15.4 Å². The van der Waals surface area contributed by atoms with Crippen LogP contribution in [0.15, 0.2) is 107 Å². The van der Waals surface area contributed by atoms with Crippen LogP contribution in [0.3, 0.4) is 0 Å². The smallest absolute Gasteiger partial charge is 0.412 e. The lowest BCUT2D eigenvalue weighted by atomic mass is 10.1. The summed E-state index contributed by atoms with van der Waals surface area (Å²) >= 11 is 12.8. The zero-order valence-electron chi connectivity index (χ0n) is 48.9. The first-order valence-electron chi connectivity index (χ1n) is 25.2. The first kappa shape index (κ1) is 72.5. The first-order chi connectivity index (χ1) is 36.1. The molecule has 0 saturated carbocycles. The average Bonchev–Trinajstić information content (AvgIpc) is 3.28. The predicted molar refractivity (Wildman–Crippen MR) is 334 cm³/mol. The highest BCUT2D eigenvalue weighted by Crippen LogP contribution is 2.20. The lowest BCUT2D eigenvalue weighted by molar-refractivity contribution is -0.121. The van der Waals surface area contributed by atoms with Crippen LogP contribution in [0.1, 0.15) is 162 Å². The topological polar surface area (TPSA) is 277 Å². The number of nitrogens with one attached hydrogen (secondary N) is 3. The molecule has 0 bridgehead atoms. The van der Waals surface area contributed by atoms with Crippen molar-refractivity contribution in [3.63, 3.8) is 0 Å². The fourth-order valence-electron chi connectivity index (χ4n) is 5.98. The molecule has 0 aliphatic rings. The third-order valence-corrected chi connectivity index (χ3v) is 10.0. The maximum atomic E-state index is 11.9. The summed E-state index contributed by atoms with van der Waals surface area (Å²) < 4.78 is 9.43. The summed E-state index contributed by atoms with van der Waals surface area (Å²) in [5.74, 6) is 4.88. The number of hydrogen-bond donors (Lipinski definition) is 9. The largest absolute Gasteiger partial charge is 0.444 e. The maximum absolute atomic E-state index is 11.9. The SMILES string of the molecule is CC(=NCC(=O)CC(C)(C)S)c1ccc(N)cc1.CC(=NCC(=O)CC(C)(C)S)c1ccc(NC(=O)OC(C)(C)C)cc1.CC(=O)c1ccc(N)cc1.CC(=O)c1ccc(NC(=O)OC(C)(C)C)cc1.CC(C)(S)CC(=O)NN. The van der Waals surface area contributed by atoms with Gasteiger partial charge in [0.05, 0.1) is 13.1 Å². The van der Waals surface area contributed by atoms with E-state index in [9.17, 15) is 33.6 Å². The van der Waals surface area contributed by atoms with E-state index >= 15 is 0 Å². The van der Waals surface area contributed by atoms with Crippen molar-refractivity contribution in [1.82, 2.24) is 5.43 Å². The minimum absolute atomic E-state index is 0.00572. The second-order valence-electron chi connectivity index (χ2n) is 22.2. The van der Waals surface area contributed by atoms with Gasteiger partial charge in [0.1, 0.15) is 11.2 Å². The highest BCUT2D eigenvalue weighted by molar-refractivity contribution is 7.82. The Hall–Kier alpha value is -6.48. The molecule has 4 aromatic carbocycles. The molecule has 0 aliphatic heterocycles. The van der Waals surface area contributed by atoms with Crippen LogP contribution in [0.2, 0.25) is 0 Å². The van der Waals surface area contributed by atoms with Gasteiger partial charge in [-0.3, -0.25) is 50.0 Å². The number of thiol groups is 3. The normalized spacial score (nSPS) is 11.6. The minimum atomic E-state index is -0.540. The minimum Gasteiger partial charge on any atom is -0.444 e. The molecule has 0 fully saturated rings. The van der Waals surface area contributed by atoms with Gasteiger partial charge in [-0.05, 0) is 153 Å². The molecule has 0 unspecified atom stereocenters. The molecule has 0 saturated heterocycles. The molecule has 0 atom stereocenters. The Morgan fingerprint density at radius 3 is 0.949 bits per heavy atom. The lowest BCUT2D eigenvalue weighted by Crippen LogP contribution is -2.34. The van der Waals surface area contributed by atoms with Gasteiger partial charge in [-0.1, -0.05) is 65.8 Å². The molecule has 4 rings (SSSR count). The number of hydrogen-bond acceptors (Lipinski definition) is 17. The second kappa shape index (κ2) is 33.8. The maximum Gasteiger partial charge on any atom is 0.412 e. The Balaban J connectivity index is 0.00000101. The molecule has 3 amide bonds. The number of aliphatic imine (C=N–C) groups is 2. The van der Waals surface area contributed by atoms with Crippen LogP contribution in [-0.4, -0.2) is 91.2 Å². The molecule has 0 aliphatic carbocycles. The quantitative estimate of drug-likeness (QED) is 0.00964. The number of Topliss-reactive ketones (excluding diaryl/α,β-unsaturated/α-hetero) is 4. The summed E-state index contributed by atoms with van der Waals surface area (Å²) in [6, 6.07) is 28.2. The van der Waals surface area contributed by atoms with Gasteiger partial charge in [-0.2, -0.15) is 37.9 Å². The number of nitrogen functional groups attached to an aromatic ring is 2. The molecule has 434 valence electrons. The summed E-state index contributed by atoms with van der Waals surface area (Å²) in [6.07, 6.45) is 0.144. The van der Waals surface area contributed by atoms with Crippen LogP contribution >= 0.6 is 37.9 Å². The number of ketones is 4. The van der Waals surface area contributed by atoms with E-state index in [4.69, 9.17) is 26.8 Å². The summed E-state index contributed by atoms with van der Waals surface area (Å²) in [5.41, 5.74) is 19.5. The van der Waals surface area contributed by atoms with E-state index in [-0.39, 0.29) is 56.4 Å². The number of rotatable bonds is 16. The third-order valence-electron chi connectivity index (χ3n) is 9.53. The van der Waals surface area contributed by atoms with Gasteiger partial charge in [0.15, 0.2) is 23.1 Å². The summed E-state index contributed by atoms with van der Waals surface area (Å²) in [6.45, 7) is 29.3. The average molecular weight is 1150 g/mol. The van der Waals surface area contributed by atoms with Crippen LogP contribution in [-0.2, 0) is 23.9 Å². The second-order valence-corrected chi connectivity index (χ2v) is 25.8. The molecule has 0 aromatic heterocycles. The third kappa shape index (κ3) is 38.7. The lowest BCUT2D eigenvalue weighted by Gasteiger charge is -2.19. The van der Waals surface area contributed by atoms with Crippen molar-refractivity contribution in [3.8, 4) is 0 Å². The zero-order chi connectivity index (χ0) is 61.1. The van der Waals surface area contributed by atoms with Crippen molar-refractivity contribution < 1.29 is 43.0 Å². The molecule has 0 spiro atoms. The van der Waals surface area contributed by atoms with Crippen LogP contribution in [0.4, 0.5) is 32.3 Å². The Morgan fingerprint density at radius 2 is 0.709 bits per heavy atom. The number of benzene rings is 4. The van der Waals surface area contributed by atoms with Gasteiger partial charge in [0, 0.05) is 78.8 Å². The van der Waals surface area contributed by atoms with Gasteiger partial charge in [0.25, 0.3) is 0 Å². The van der Waals surface area contributed by atoms with Gasteiger partial charge in [-0.15, -0.1) is 0 Å². The molecule has 9 N–H and O–H groups in total.